The van der Waals surface area contributed by atoms with Gasteiger partial charge in [-0.1, -0.05) is 60.7 Å². The number of hydrogen-bond acceptors (Lipinski definition) is 7. The summed E-state index contributed by atoms with van der Waals surface area (Å²) in [5.74, 6) is -1.80. The molecule has 0 saturated carbocycles. The number of fused-ring (bicyclic) bond motifs is 1. The van der Waals surface area contributed by atoms with Crippen LogP contribution in [-0.4, -0.2) is 76.2 Å². The third-order valence-electron chi connectivity index (χ3n) is 6.98. The highest BCUT2D eigenvalue weighted by Gasteiger charge is 2.46. The minimum absolute atomic E-state index is 0.0113. The number of esters is 1. The van der Waals surface area contributed by atoms with E-state index >= 15 is 0 Å². The molecule has 12 nitrogen and oxygen atoms in total. The minimum Gasteiger partial charge on any atom is -0.433 e. The Hall–Kier alpha value is -4.45. The van der Waals surface area contributed by atoms with E-state index in [0.29, 0.717) is 12.8 Å². The second-order valence-corrected chi connectivity index (χ2v) is 9.88. The van der Waals surface area contributed by atoms with Crippen molar-refractivity contribution in [2.24, 2.45) is 0 Å². The van der Waals surface area contributed by atoms with E-state index in [-0.39, 0.29) is 44.9 Å². The zero-order valence-electron chi connectivity index (χ0n) is 21.9. The molecule has 0 radical (unpaired) electrons. The van der Waals surface area contributed by atoms with Crippen molar-refractivity contribution in [3.63, 3.8) is 0 Å². The Labute approximate surface area is 231 Å². The van der Waals surface area contributed by atoms with Crippen LogP contribution < -0.4 is 10.7 Å². The number of rotatable bonds is 8. The molecule has 3 fully saturated rings. The van der Waals surface area contributed by atoms with Crippen LogP contribution in [0.3, 0.4) is 0 Å². The van der Waals surface area contributed by atoms with E-state index in [0.717, 1.165) is 21.1 Å². The van der Waals surface area contributed by atoms with E-state index in [1.165, 1.54) is 5.01 Å². The number of benzene rings is 2. The summed E-state index contributed by atoms with van der Waals surface area (Å²) in [6.07, 6.45) is -0.247. The van der Waals surface area contributed by atoms with Crippen molar-refractivity contribution in [3.8, 4) is 0 Å². The van der Waals surface area contributed by atoms with Crippen LogP contribution in [0.1, 0.15) is 36.8 Å². The molecular formula is C28H31N5O7. The second kappa shape index (κ2) is 12.2. The van der Waals surface area contributed by atoms with Crippen LogP contribution in [0, 0.1) is 0 Å². The molecule has 210 valence electrons. The maximum absolute atomic E-state index is 13.6. The molecule has 3 aliphatic rings. The summed E-state index contributed by atoms with van der Waals surface area (Å²) in [4.78, 5) is 64.8. The lowest BCUT2D eigenvalue weighted by atomic mass is 10.1. The number of cyclic esters (lactones) is 1. The predicted molar refractivity (Wildman–Crippen MR) is 139 cm³/mol. The Balaban J connectivity index is 1.26. The molecule has 3 atom stereocenters. The average molecular weight is 550 g/mol. The fourth-order valence-corrected chi connectivity index (χ4v) is 5.02. The first kappa shape index (κ1) is 27.1. The Bertz CT molecular complexity index is 1260. The smallest absolute Gasteiger partial charge is 0.358 e. The van der Waals surface area contributed by atoms with Gasteiger partial charge in [-0.2, -0.15) is 0 Å². The summed E-state index contributed by atoms with van der Waals surface area (Å²) in [5, 5.41) is 6.28. The molecule has 0 bridgehead atoms. The molecule has 0 aromatic heterocycles. The molecule has 3 heterocycles. The molecule has 12 heteroatoms. The van der Waals surface area contributed by atoms with E-state index in [9.17, 15) is 24.0 Å². The molecule has 2 aromatic carbocycles. The minimum atomic E-state index is -1.03. The van der Waals surface area contributed by atoms with Crippen LogP contribution >= 0.6 is 0 Å². The number of carbonyl (C=O) groups excluding carboxylic acids is 5. The van der Waals surface area contributed by atoms with Crippen molar-refractivity contribution in [1.29, 1.82) is 0 Å². The second-order valence-electron chi connectivity index (χ2n) is 9.88. The lowest BCUT2D eigenvalue weighted by molar-refractivity contribution is -0.169. The molecule has 40 heavy (non-hydrogen) atoms. The van der Waals surface area contributed by atoms with Crippen molar-refractivity contribution >= 4 is 29.7 Å². The van der Waals surface area contributed by atoms with Crippen molar-refractivity contribution < 1.29 is 33.4 Å². The highest BCUT2D eigenvalue weighted by Crippen LogP contribution is 2.25. The molecule has 5 rings (SSSR count). The van der Waals surface area contributed by atoms with Gasteiger partial charge in [-0.3, -0.25) is 24.6 Å². The molecule has 0 spiro atoms. The maximum Gasteiger partial charge on any atom is 0.358 e. The summed E-state index contributed by atoms with van der Waals surface area (Å²) in [5.41, 5.74) is 4.24. The Morgan fingerprint density at radius 1 is 0.950 bits per heavy atom. The Kier molecular flexibility index (Phi) is 8.25. The first-order valence-corrected chi connectivity index (χ1v) is 13.3. The molecular weight excluding hydrogens is 518 g/mol. The van der Waals surface area contributed by atoms with Crippen molar-refractivity contribution in [2.75, 3.05) is 13.1 Å². The molecule has 2 aromatic rings. The van der Waals surface area contributed by atoms with Gasteiger partial charge in [0.1, 0.15) is 12.1 Å². The summed E-state index contributed by atoms with van der Waals surface area (Å²) in [7, 11) is 0. The summed E-state index contributed by atoms with van der Waals surface area (Å²) < 4.78 is 11.1. The fraction of sp³-hybridized carbons (Fsp3) is 0.393. The van der Waals surface area contributed by atoms with Crippen molar-refractivity contribution in [3.05, 3.63) is 71.8 Å². The average Bonchev–Trinajstić information content (AvgIpc) is 3.26. The lowest BCUT2D eigenvalue weighted by Crippen LogP contribution is -2.65. The third kappa shape index (κ3) is 6.23. The zero-order chi connectivity index (χ0) is 28.1. The predicted octanol–water partition coefficient (Wildman–Crippen LogP) is 1.27. The van der Waals surface area contributed by atoms with Gasteiger partial charge >= 0.3 is 12.0 Å². The van der Waals surface area contributed by atoms with E-state index in [4.69, 9.17) is 9.47 Å². The first-order chi connectivity index (χ1) is 19.4. The fourth-order valence-electron chi connectivity index (χ4n) is 5.02. The van der Waals surface area contributed by atoms with Gasteiger partial charge < -0.3 is 14.8 Å². The quantitative estimate of drug-likeness (QED) is 0.473. The number of carbonyl (C=O) groups is 5. The summed E-state index contributed by atoms with van der Waals surface area (Å²) >= 11 is 0. The molecule has 2 N–H and O–H groups in total. The largest absolute Gasteiger partial charge is 0.433 e. The van der Waals surface area contributed by atoms with Crippen LogP contribution in [-0.2, 0) is 41.7 Å². The van der Waals surface area contributed by atoms with Crippen molar-refractivity contribution in [1.82, 2.24) is 25.8 Å². The molecule has 3 saturated heterocycles. The number of amides is 5. The lowest BCUT2D eigenvalue weighted by Gasteiger charge is -2.43. The topological polar surface area (TPSA) is 138 Å². The van der Waals surface area contributed by atoms with Crippen LogP contribution in [0.2, 0.25) is 0 Å². The van der Waals surface area contributed by atoms with E-state index in [1.807, 2.05) is 48.5 Å². The van der Waals surface area contributed by atoms with E-state index in [2.05, 4.69) is 10.7 Å². The monoisotopic (exact) mass is 549 g/mol. The van der Waals surface area contributed by atoms with Gasteiger partial charge in [-0.05, 0) is 24.0 Å². The van der Waals surface area contributed by atoms with Gasteiger partial charge in [0.2, 0.25) is 24.0 Å². The number of hydrogen-bond donors (Lipinski definition) is 2. The molecule has 5 amide bonds. The number of nitrogens with one attached hydrogen (secondary N) is 2. The standard InChI is InChI=1S/C28H31N5O7/c34-23(16-19-8-3-1-4-9-19)30-31-15-13-24(35)32-14-7-12-22(33(32)28(31)38)26(37)29-21-17-25(36)40-27(21)39-18-20-10-5-2-6-11-20/h1-6,8-11,21-22,27H,7,12-18H2,(H,29,37)(H,30,34). The highest BCUT2D eigenvalue weighted by molar-refractivity contribution is 5.92. The molecule has 3 aliphatic heterocycles. The van der Waals surface area contributed by atoms with E-state index in [1.54, 1.807) is 12.1 Å². The summed E-state index contributed by atoms with van der Waals surface area (Å²) in [6, 6.07) is 15.9. The van der Waals surface area contributed by atoms with Gasteiger partial charge in [0.15, 0.2) is 0 Å². The number of urea groups is 1. The summed E-state index contributed by atoms with van der Waals surface area (Å²) in [6.45, 7) is 0.424. The van der Waals surface area contributed by atoms with Gasteiger partial charge in [-0.15, -0.1) is 0 Å². The van der Waals surface area contributed by atoms with Crippen LogP contribution in [0.15, 0.2) is 60.7 Å². The van der Waals surface area contributed by atoms with Crippen LogP contribution in [0.25, 0.3) is 0 Å². The van der Waals surface area contributed by atoms with Crippen LogP contribution in [0.4, 0.5) is 4.79 Å². The first-order valence-electron chi connectivity index (χ1n) is 13.3. The third-order valence-corrected chi connectivity index (χ3v) is 6.98. The van der Waals surface area contributed by atoms with E-state index < -0.39 is 42.2 Å². The molecule has 0 aliphatic carbocycles. The van der Waals surface area contributed by atoms with Crippen LogP contribution in [0.5, 0.6) is 0 Å². The SMILES string of the molecule is O=C(Cc1ccccc1)NN1CCC(=O)N2CCCC(C(=O)NC3CC(=O)OC3OCc3ccccc3)N2C1=O. The zero-order valence-corrected chi connectivity index (χ0v) is 21.9. The number of nitrogens with zero attached hydrogens (tertiary/aromatic N) is 3. The van der Waals surface area contributed by atoms with Gasteiger partial charge in [0.05, 0.1) is 26.0 Å². The van der Waals surface area contributed by atoms with Gasteiger partial charge in [0.25, 0.3) is 0 Å². The number of hydrazine groups is 2. The Morgan fingerprint density at radius 3 is 2.38 bits per heavy atom. The normalized spacial score (nSPS) is 22.9. The van der Waals surface area contributed by atoms with Crippen molar-refractivity contribution in [2.45, 2.75) is 57.1 Å². The number of ether oxygens (including phenoxy) is 2. The highest BCUT2D eigenvalue weighted by atomic mass is 16.7. The Morgan fingerprint density at radius 2 is 1.65 bits per heavy atom. The van der Waals surface area contributed by atoms with Gasteiger partial charge in [0, 0.05) is 13.0 Å². The molecule has 3 unspecified atom stereocenters. The maximum atomic E-state index is 13.6. The van der Waals surface area contributed by atoms with Gasteiger partial charge in [-0.25, -0.2) is 19.8 Å².